The summed E-state index contributed by atoms with van der Waals surface area (Å²) < 4.78 is 38.7. The summed E-state index contributed by atoms with van der Waals surface area (Å²) >= 11 is 0. The van der Waals surface area contributed by atoms with Gasteiger partial charge in [-0.05, 0) is 30.7 Å². The summed E-state index contributed by atoms with van der Waals surface area (Å²) in [4.78, 5) is 0.199. The van der Waals surface area contributed by atoms with Gasteiger partial charge in [0.2, 0.25) is 10.0 Å². The molecule has 0 bridgehead atoms. The van der Waals surface area contributed by atoms with E-state index in [-0.39, 0.29) is 4.90 Å². The molecule has 0 aromatic heterocycles. The highest BCUT2D eigenvalue weighted by Gasteiger charge is 2.26. The molecular weight excluding hydrogens is 340 g/mol. The molecule has 2 N–H and O–H groups in total. The van der Waals surface area contributed by atoms with Crippen LogP contribution in [0.25, 0.3) is 0 Å². The molecule has 0 saturated carbocycles. The van der Waals surface area contributed by atoms with Crippen LogP contribution in [0.2, 0.25) is 0 Å². The summed E-state index contributed by atoms with van der Waals surface area (Å²) in [6, 6.07) is 14.3. The SMILES string of the molecule is NCCCN(Cc1ccccc1)S(=O)(=O)c1ccc2c(c1)OCCO2. The Hall–Kier alpha value is -2.09. The molecule has 0 atom stereocenters. The van der Waals surface area contributed by atoms with Crippen LogP contribution in [0.1, 0.15) is 12.0 Å². The van der Waals surface area contributed by atoms with Crippen LogP contribution in [-0.4, -0.2) is 39.0 Å². The first-order chi connectivity index (χ1) is 12.1. The van der Waals surface area contributed by atoms with Crippen molar-refractivity contribution < 1.29 is 17.9 Å². The molecule has 0 radical (unpaired) electrons. The number of sulfonamides is 1. The largest absolute Gasteiger partial charge is 0.486 e. The van der Waals surface area contributed by atoms with E-state index in [4.69, 9.17) is 15.2 Å². The third kappa shape index (κ3) is 4.12. The summed E-state index contributed by atoms with van der Waals surface area (Å²) in [5.74, 6) is 1.03. The van der Waals surface area contributed by atoms with Crippen molar-refractivity contribution >= 4 is 10.0 Å². The number of ether oxygens (including phenoxy) is 2. The molecule has 0 spiro atoms. The third-order valence-corrected chi connectivity index (χ3v) is 5.81. The van der Waals surface area contributed by atoms with E-state index in [0.717, 1.165) is 5.56 Å². The minimum absolute atomic E-state index is 0.199. The highest BCUT2D eigenvalue weighted by molar-refractivity contribution is 7.89. The second kappa shape index (κ2) is 7.86. The molecule has 3 rings (SSSR count). The van der Waals surface area contributed by atoms with Crippen LogP contribution in [0.15, 0.2) is 53.4 Å². The molecule has 0 saturated heterocycles. The van der Waals surface area contributed by atoms with E-state index < -0.39 is 10.0 Å². The molecule has 2 aromatic rings. The van der Waals surface area contributed by atoms with Crippen molar-refractivity contribution in [2.24, 2.45) is 5.73 Å². The van der Waals surface area contributed by atoms with Crippen LogP contribution in [0, 0.1) is 0 Å². The second-order valence-electron chi connectivity index (χ2n) is 5.77. The molecule has 0 unspecified atom stereocenters. The standard InChI is InChI=1S/C18H22N2O4S/c19-9-4-10-20(14-15-5-2-1-3-6-15)25(21,22)16-7-8-17-18(13-16)24-12-11-23-17/h1-3,5-8,13H,4,9-12,14,19H2. The third-order valence-electron chi connectivity index (χ3n) is 3.96. The number of fused-ring (bicyclic) bond motifs is 1. The molecular formula is C18H22N2O4S. The minimum Gasteiger partial charge on any atom is -0.486 e. The Balaban J connectivity index is 1.90. The van der Waals surface area contributed by atoms with Crippen LogP contribution >= 0.6 is 0 Å². The zero-order valence-corrected chi connectivity index (χ0v) is 14.7. The molecule has 134 valence electrons. The maximum atomic E-state index is 13.1. The fraction of sp³-hybridized carbons (Fsp3) is 0.333. The van der Waals surface area contributed by atoms with Crippen molar-refractivity contribution in [2.45, 2.75) is 17.9 Å². The van der Waals surface area contributed by atoms with Gasteiger partial charge in [-0.3, -0.25) is 0 Å². The first-order valence-corrected chi connectivity index (χ1v) is 9.69. The predicted octanol–water partition coefficient (Wildman–Crippen LogP) is 2.00. The van der Waals surface area contributed by atoms with E-state index in [9.17, 15) is 8.42 Å². The highest BCUT2D eigenvalue weighted by atomic mass is 32.2. The average Bonchev–Trinajstić information content (AvgIpc) is 2.65. The van der Waals surface area contributed by atoms with Crippen molar-refractivity contribution in [1.82, 2.24) is 4.31 Å². The Labute approximate surface area is 148 Å². The summed E-state index contributed by atoms with van der Waals surface area (Å²) in [5, 5.41) is 0. The molecule has 2 aromatic carbocycles. The average molecular weight is 362 g/mol. The van der Waals surface area contributed by atoms with E-state index in [1.165, 1.54) is 10.4 Å². The van der Waals surface area contributed by atoms with Gasteiger partial charge in [-0.2, -0.15) is 4.31 Å². The lowest BCUT2D eigenvalue weighted by Crippen LogP contribution is -2.32. The Morgan fingerprint density at radius 2 is 1.72 bits per heavy atom. The number of nitrogens with zero attached hydrogens (tertiary/aromatic N) is 1. The second-order valence-corrected chi connectivity index (χ2v) is 7.71. The molecule has 7 heteroatoms. The normalized spacial score (nSPS) is 13.8. The summed E-state index contributed by atoms with van der Waals surface area (Å²) in [7, 11) is -3.66. The monoisotopic (exact) mass is 362 g/mol. The smallest absolute Gasteiger partial charge is 0.243 e. The molecule has 1 aliphatic rings. The van der Waals surface area contributed by atoms with Crippen molar-refractivity contribution in [3.8, 4) is 11.5 Å². The van der Waals surface area contributed by atoms with Crippen LogP contribution in [-0.2, 0) is 16.6 Å². The van der Waals surface area contributed by atoms with Gasteiger partial charge in [-0.25, -0.2) is 8.42 Å². The summed E-state index contributed by atoms with van der Waals surface area (Å²) in [6.45, 7) is 1.98. The number of nitrogens with two attached hydrogens (primary N) is 1. The fourth-order valence-corrected chi connectivity index (χ4v) is 4.15. The van der Waals surface area contributed by atoms with Crippen LogP contribution in [0.5, 0.6) is 11.5 Å². The van der Waals surface area contributed by atoms with E-state index in [1.807, 2.05) is 30.3 Å². The maximum absolute atomic E-state index is 13.1. The number of benzene rings is 2. The molecule has 1 aliphatic heterocycles. The molecule has 0 amide bonds. The van der Waals surface area contributed by atoms with Crippen molar-refractivity contribution in [3.63, 3.8) is 0 Å². The van der Waals surface area contributed by atoms with Gasteiger partial charge in [0.15, 0.2) is 11.5 Å². The van der Waals surface area contributed by atoms with Gasteiger partial charge in [0, 0.05) is 19.2 Å². The molecule has 1 heterocycles. The Morgan fingerprint density at radius 1 is 1.00 bits per heavy atom. The molecule has 6 nitrogen and oxygen atoms in total. The minimum atomic E-state index is -3.66. The topological polar surface area (TPSA) is 81.9 Å². The van der Waals surface area contributed by atoms with Gasteiger partial charge >= 0.3 is 0 Å². The van der Waals surface area contributed by atoms with Gasteiger partial charge in [-0.15, -0.1) is 0 Å². The lowest BCUT2D eigenvalue weighted by molar-refractivity contribution is 0.171. The first-order valence-electron chi connectivity index (χ1n) is 8.25. The number of hydrogen-bond donors (Lipinski definition) is 1. The lowest BCUT2D eigenvalue weighted by atomic mass is 10.2. The van der Waals surface area contributed by atoms with Gasteiger partial charge < -0.3 is 15.2 Å². The van der Waals surface area contributed by atoms with Crippen LogP contribution < -0.4 is 15.2 Å². The van der Waals surface area contributed by atoms with Gasteiger partial charge in [0.05, 0.1) is 4.90 Å². The van der Waals surface area contributed by atoms with Crippen molar-refractivity contribution in [1.29, 1.82) is 0 Å². The number of rotatable bonds is 7. The van der Waals surface area contributed by atoms with Crippen LogP contribution in [0.4, 0.5) is 0 Å². The van der Waals surface area contributed by atoms with Gasteiger partial charge in [0.25, 0.3) is 0 Å². The Morgan fingerprint density at radius 3 is 2.44 bits per heavy atom. The fourth-order valence-electron chi connectivity index (χ4n) is 2.67. The summed E-state index contributed by atoms with van der Waals surface area (Å²) in [5.41, 5.74) is 6.52. The van der Waals surface area contributed by atoms with Crippen molar-refractivity contribution in [2.75, 3.05) is 26.3 Å². The van der Waals surface area contributed by atoms with Crippen LogP contribution in [0.3, 0.4) is 0 Å². The van der Waals surface area contributed by atoms with E-state index in [2.05, 4.69) is 0 Å². The van der Waals surface area contributed by atoms with E-state index in [1.54, 1.807) is 12.1 Å². The quantitative estimate of drug-likeness (QED) is 0.815. The van der Waals surface area contributed by atoms with E-state index >= 15 is 0 Å². The maximum Gasteiger partial charge on any atom is 0.243 e. The molecule has 0 fully saturated rings. The Kier molecular flexibility index (Phi) is 5.57. The molecule has 25 heavy (non-hydrogen) atoms. The predicted molar refractivity (Wildman–Crippen MR) is 95.1 cm³/mol. The van der Waals surface area contributed by atoms with E-state index in [0.29, 0.717) is 50.8 Å². The Bertz CT molecular complexity index is 809. The number of hydrogen-bond acceptors (Lipinski definition) is 5. The van der Waals surface area contributed by atoms with Crippen molar-refractivity contribution in [3.05, 3.63) is 54.1 Å². The lowest BCUT2D eigenvalue weighted by Gasteiger charge is -2.24. The van der Waals surface area contributed by atoms with Gasteiger partial charge in [-0.1, -0.05) is 30.3 Å². The summed E-state index contributed by atoms with van der Waals surface area (Å²) in [6.07, 6.45) is 0.594. The zero-order chi connectivity index (χ0) is 17.7. The highest BCUT2D eigenvalue weighted by Crippen LogP contribution is 2.33. The van der Waals surface area contributed by atoms with Gasteiger partial charge in [0.1, 0.15) is 13.2 Å². The first kappa shape index (κ1) is 17.7. The molecule has 0 aliphatic carbocycles. The zero-order valence-electron chi connectivity index (χ0n) is 13.9.